The van der Waals surface area contributed by atoms with Crippen molar-refractivity contribution in [2.24, 2.45) is 5.92 Å². The third kappa shape index (κ3) is 8.16. The zero-order chi connectivity index (χ0) is 40.2. The van der Waals surface area contributed by atoms with Gasteiger partial charge in [0.05, 0.1) is 17.3 Å². The van der Waals surface area contributed by atoms with Gasteiger partial charge in [-0.25, -0.2) is 22.6 Å². The molecule has 16 heteroatoms. The summed E-state index contributed by atoms with van der Waals surface area (Å²) < 4.78 is 61.6. The number of fused-ring (bicyclic) bond motifs is 6. The lowest BCUT2D eigenvalue weighted by molar-refractivity contribution is -0.141. The normalized spacial score (nSPS) is 26.9. The molecule has 2 aromatic carbocycles. The Morgan fingerprint density at radius 1 is 0.915 bits per heavy atom. The summed E-state index contributed by atoms with van der Waals surface area (Å²) in [5.41, 5.74) is 0.321. The largest absolute Gasteiger partial charge is 0.484 e. The molecule has 2 aliphatic heterocycles. The van der Waals surface area contributed by atoms with E-state index in [-0.39, 0.29) is 50.2 Å². The molecule has 5 atom stereocenters. The number of alkyl carbamates (subject to hydrolysis) is 1. The number of nitrogens with one attached hydrogen (secondary N) is 3. The Morgan fingerprint density at radius 2 is 1.64 bits per heavy atom. The Kier molecular flexibility index (Phi) is 11.2. The van der Waals surface area contributed by atoms with Gasteiger partial charge in [-0.1, -0.05) is 51.7 Å². The molecule has 3 N–H and O–H groups in total. The molecule has 316 valence electrons. The predicted octanol–water partition coefficient (Wildman–Crippen LogP) is 6.52. The van der Waals surface area contributed by atoms with Crippen LogP contribution in [0.25, 0.3) is 33.0 Å². The van der Waals surface area contributed by atoms with Gasteiger partial charge in [-0.15, -0.1) is 0 Å². The van der Waals surface area contributed by atoms with Crippen molar-refractivity contribution in [1.82, 2.24) is 25.2 Å². The van der Waals surface area contributed by atoms with E-state index in [9.17, 15) is 32.0 Å². The molecule has 0 radical (unpaired) electrons. The van der Waals surface area contributed by atoms with E-state index in [2.05, 4.69) is 15.4 Å². The summed E-state index contributed by atoms with van der Waals surface area (Å²) in [6.45, 7) is -0.0910. The summed E-state index contributed by atoms with van der Waals surface area (Å²) >= 11 is 0. The second kappa shape index (κ2) is 16.2. The van der Waals surface area contributed by atoms with Gasteiger partial charge < -0.3 is 29.4 Å². The van der Waals surface area contributed by atoms with Crippen LogP contribution in [0, 0.1) is 11.7 Å². The Balaban J connectivity index is 0.00000484. The standard InChI is InChI=1S/C42H48FN5O9S.CH4/c43-25-16-19-31-30(20-25)36(37-35(44-31)29-13-8-9-15-34(29)57-37)55-27-21-33-38(49)46-42(40(51)47-58(53,54)28-17-18-28)22-24(42)10-4-2-1-3-5-14-32(39(50)48(33)23-27)45-41(52)56-26-11-6-7-12-26;/h8-9,13,15-16,19-20,24,26-28,32-33H,1-7,10-12,14,17-18,21-23H2,(H,45,52)(H,46,49)(H,47,51);1H4/t24-,27-,32+,33+,42-;/m1./s1. The van der Waals surface area contributed by atoms with Gasteiger partial charge >= 0.3 is 6.09 Å². The summed E-state index contributed by atoms with van der Waals surface area (Å²) in [4.78, 5) is 62.6. The molecule has 4 heterocycles. The van der Waals surface area contributed by atoms with Crippen molar-refractivity contribution >= 4 is 66.8 Å². The number of hydrogen-bond acceptors (Lipinski definition) is 10. The molecule has 59 heavy (non-hydrogen) atoms. The number of benzene rings is 2. The number of pyridine rings is 1. The topological polar surface area (TPSA) is 186 Å². The number of rotatable bonds is 7. The average Bonchev–Trinajstić information content (AvgIpc) is 4.01. The SMILES string of the molecule is C.O=C(N[C@H]1CCCCCCC[C@@H]2C[C@@]2(C(=O)NS(=O)(=O)C2CC2)NC(=O)[C@@H]2C[C@@H](Oc3c4cc(F)ccc4nc4c3oc3ccccc34)CN2C1=O)OC1CCCC1. The fourth-order valence-electron chi connectivity index (χ4n) is 9.20. The first-order valence-electron chi connectivity index (χ1n) is 20.7. The van der Waals surface area contributed by atoms with Gasteiger partial charge in [0, 0.05) is 17.2 Å². The molecular formula is C43H52FN5O9S. The third-order valence-corrected chi connectivity index (χ3v) is 14.4. The minimum Gasteiger partial charge on any atom is -0.484 e. The number of ether oxygens (including phenoxy) is 2. The van der Waals surface area contributed by atoms with E-state index >= 15 is 0 Å². The summed E-state index contributed by atoms with van der Waals surface area (Å²) in [5.74, 6) is -2.51. The van der Waals surface area contributed by atoms with E-state index in [4.69, 9.17) is 18.9 Å². The number of hydrogen-bond donors (Lipinski definition) is 3. The number of carbonyl (C=O) groups is 4. The Morgan fingerprint density at radius 3 is 2.42 bits per heavy atom. The highest BCUT2D eigenvalue weighted by molar-refractivity contribution is 7.91. The molecule has 2 aromatic heterocycles. The van der Waals surface area contributed by atoms with Gasteiger partial charge in [0.2, 0.25) is 21.8 Å². The van der Waals surface area contributed by atoms with Crippen molar-refractivity contribution in [2.45, 2.75) is 139 Å². The maximum absolute atomic E-state index is 14.8. The van der Waals surface area contributed by atoms with Crippen LogP contribution in [0.15, 0.2) is 46.9 Å². The highest BCUT2D eigenvalue weighted by Gasteiger charge is 2.62. The van der Waals surface area contributed by atoms with Crippen LogP contribution in [0.1, 0.15) is 104 Å². The molecule has 0 bridgehead atoms. The van der Waals surface area contributed by atoms with E-state index in [1.165, 1.54) is 17.0 Å². The maximum atomic E-state index is 14.8. The lowest BCUT2D eigenvalue weighted by Crippen LogP contribution is -2.58. The summed E-state index contributed by atoms with van der Waals surface area (Å²) in [7, 11) is -3.90. The van der Waals surface area contributed by atoms with Crippen molar-refractivity contribution < 1.29 is 45.9 Å². The quantitative estimate of drug-likeness (QED) is 0.185. The fraction of sp³-hybridized carbons (Fsp3) is 0.558. The summed E-state index contributed by atoms with van der Waals surface area (Å²) in [5, 5.41) is 6.18. The monoisotopic (exact) mass is 833 g/mol. The second-order valence-corrected chi connectivity index (χ2v) is 18.7. The number of sulfonamides is 1. The van der Waals surface area contributed by atoms with Crippen molar-refractivity contribution in [1.29, 1.82) is 0 Å². The van der Waals surface area contributed by atoms with Crippen molar-refractivity contribution in [3.05, 3.63) is 48.3 Å². The number of nitrogens with zero attached hydrogens (tertiary/aromatic N) is 2. The first-order valence-corrected chi connectivity index (χ1v) is 22.3. The molecule has 0 unspecified atom stereocenters. The lowest BCUT2D eigenvalue weighted by Gasteiger charge is -2.30. The maximum Gasteiger partial charge on any atom is 0.408 e. The number of aromatic nitrogens is 1. The number of carbonyl (C=O) groups excluding carboxylic acids is 4. The molecule has 5 aliphatic rings. The molecule has 5 fully saturated rings. The van der Waals surface area contributed by atoms with Crippen LogP contribution in [0.3, 0.4) is 0 Å². The fourth-order valence-corrected chi connectivity index (χ4v) is 10.6. The first kappa shape index (κ1) is 40.8. The van der Waals surface area contributed by atoms with E-state index in [0.29, 0.717) is 54.1 Å². The van der Waals surface area contributed by atoms with Crippen LogP contribution in [0.5, 0.6) is 5.75 Å². The zero-order valence-electron chi connectivity index (χ0n) is 32.2. The summed E-state index contributed by atoms with van der Waals surface area (Å²) in [6, 6.07) is 9.31. The van der Waals surface area contributed by atoms with Gasteiger partial charge in [0.15, 0.2) is 11.3 Å². The van der Waals surface area contributed by atoms with Crippen LogP contribution in [-0.2, 0) is 29.1 Å². The van der Waals surface area contributed by atoms with Crippen molar-refractivity contribution in [2.75, 3.05) is 6.54 Å². The molecule has 3 saturated carbocycles. The van der Waals surface area contributed by atoms with Crippen LogP contribution in [0.2, 0.25) is 0 Å². The Hall–Kier alpha value is -4.99. The average molecular weight is 834 g/mol. The molecule has 2 saturated heterocycles. The van der Waals surface area contributed by atoms with Gasteiger partial charge in [-0.3, -0.25) is 19.1 Å². The van der Waals surface area contributed by atoms with Crippen LogP contribution in [-0.4, -0.2) is 83.7 Å². The van der Waals surface area contributed by atoms with Gasteiger partial charge in [-0.05, 0) is 94.0 Å². The Labute approximate surface area is 342 Å². The number of furan rings is 1. The molecule has 4 amide bonds. The minimum absolute atomic E-state index is 0. The van der Waals surface area contributed by atoms with Crippen LogP contribution >= 0.6 is 0 Å². The molecule has 4 aromatic rings. The highest BCUT2D eigenvalue weighted by Crippen LogP contribution is 2.48. The van der Waals surface area contributed by atoms with E-state index in [1.807, 2.05) is 18.2 Å². The molecule has 3 aliphatic carbocycles. The molecule has 9 rings (SSSR count). The van der Waals surface area contributed by atoms with E-state index < -0.39 is 68.6 Å². The summed E-state index contributed by atoms with van der Waals surface area (Å²) in [6.07, 6.45) is 7.71. The van der Waals surface area contributed by atoms with Crippen LogP contribution in [0.4, 0.5) is 9.18 Å². The second-order valence-electron chi connectivity index (χ2n) is 16.8. The highest BCUT2D eigenvalue weighted by atomic mass is 32.2. The number of amides is 4. The molecule has 14 nitrogen and oxygen atoms in total. The van der Waals surface area contributed by atoms with E-state index in [1.54, 1.807) is 12.1 Å². The molecule has 0 spiro atoms. The van der Waals surface area contributed by atoms with Gasteiger partial charge in [-0.2, -0.15) is 0 Å². The molecular weight excluding hydrogens is 782 g/mol. The van der Waals surface area contributed by atoms with Gasteiger partial charge in [0.25, 0.3) is 5.91 Å². The lowest BCUT2D eigenvalue weighted by atomic mass is 10.0. The first-order chi connectivity index (χ1) is 28.0. The number of para-hydroxylation sites is 1. The predicted molar refractivity (Wildman–Crippen MR) is 217 cm³/mol. The minimum atomic E-state index is -3.90. The van der Waals surface area contributed by atoms with E-state index in [0.717, 1.165) is 56.8 Å². The zero-order valence-corrected chi connectivity index (χ0v) is 33.0. The smallest absolute Gasteiger partial charge is 0.408 e. The van der Waals surface area contributed by atoms with Crippen molar-refractivity contribution in [3.8, 4) is 5.75 Å². The van der Waals surface area contributed by atoms with Crippen LogP contribution < -0.4 is 20.1 Å². The van der Waals surface area contributed by atoms with Gasteiger partial charge in [0.1, 0.15) is 46.7 Å². The number of halogens is 1. The Bertz CT molecular complexity index is 2400. The van der Waals surface area contributed by atoms with Crippen molar-refractivity contribution in [3.63, 3.8) is 0 Å². The third-order valence-electron chi connectivity index (χ3n) is 12.6.